The molecule has 25 heavy (non-hydrogen) atoms. The van der Waals surface area contributed by atoms with Gasteiger partial charge in [-0.15, -0.1) is 0 Å². The van der Waals surface area contributed by atoms with E-state index in [1.807, 2.05) is 24.4 Å². The fraction of sp³-hybridized carbons (Fsp3) is 0.278. The number of hydrogen-bond acceptors (Lipinski definition) is 5. The molecule has 4 N–H and O–H groups in total. The topological polar surface area (TPSA) is 103 Å². The summed E-state index contributed by atoms with van der Waals surface area (Å²) in [6, 6.07) is 9.72. The summed E-state index contributed by atoms with van der Waals surface area (Å²) in [6.45, 7) is 0. The Bertz CT molecular complexity index is 917. The number of carboxylic acids is 1. The van der Waals surface area contributed by atoms with Crippen LogP contribution < -0.4 is 10.6 Å². The summed E-state index contributed by atoms with van der Waals surface area (Å²) in [5.41, 5.74) is 2.26. The van der Waals surface area contributed by atoms with Crippen molar-refractivity contribution in [2.45, 2.75) is 31.7 Å². The minimum Gasteiger partial charge on any atom is -0.481 e. The number of nitrogens with one attached hydrogen (secondary N) is 3. The van der Waals surface area contributed by atoms with Crippen LogP contribution in [0.2, 0.25) is 0 Å². The molecular formula is C18H19N5O2. The van der Waals surface area contributed by atoms with Crippen LogP contribution in [0, 0.1) is 0 Å². The maximum Gasteiger partial charge on any atom is 0.307 e. The number of fused-ring (bicyclic) bond motifs is 1. The highest BCUT2D eigenvalue weighted by atomic mass is 16.4. The van der Waals surface area contributed by atoms with E-state index in [4.69, 9.17) is 5.11 Å². The zero-order valence-electron chi connectivity index (χ0n) is 13.6. The van der Waals surface area contributed by atoms with E-state index in [1.54, 1.807) is 12.1 Å². The van der Waals surface area contributed by atoms with Gasteiger partial charge in [-0.2, -0.15) is 9.97 Å². The van der Waals surface area contributed by atoms with Crippen LogP contribution in [0.5, 0.6) is 0 Å². The maximum atomic E-state index is 10.9. The summed E-state index contributed by atoms with van der Waals surface area (Å²) in [4.78, 5) is 23.1. The first-order valence-electron chi connectivity index (χ1n) is 8.37. The van der Waals surface area contributed by atoms with Crippen LogP contribution in [0.15, 0.2) is 36.5 Å². The van der Waals surface area contributed by atoms with Gasteiger partial charge in [0.1, 0.15) is 11.5 Å². The van der Waals surface area contributed by atoms with Gasteiger partial charge in [0.25, 0.3) is 0 Å². The van der Waals surface area contributed by atoms with Gasteiger partial charge < -0.3 is 20.7 Å². The molecule has 0 spiro atoms. The lowest BCUT2D eigenvalue weighted by Crippen LogP contribution is -2.27. The van der Waals surface area contributed by atoms with Crippen LogP contribution in [-0.4, -0.2) is 32.1 Å². The summed E-state index contributed by atoms with van der Waals surface area (Å²) < 4.78 is 0. The van der Waals surface area contributed by atoms with Crippen molar-refractivity contribution in [1.29, 1.82) is 0 Å². The molecule has 7 nitrogen and oxygen atoms in total. The molecule has 0 bridgehead atoms. The lowest BCUT2D eigenvalue weighted by atomic mass is 9.93. The molecule has 4 rings (SSSR count). The number of hydrogen-bond donors (Lipinski definition) is 4. The average molecular weight is 337 g/mol. The molecule has 1 saturated carbocycles. The van der Waals surface area contributed by atoms with Crippen molar-refractivity contribution in [3.63, 3.8) is 0 Å². The lowest BCUT2D eigenvalue weighted by molar-refractivity contribution is -0.136. The van der Waals surface area contributed by atoms with E-state index >= 15 is 0 Å². The summed E-state index contributed by atoms with van der Waals surface area (Å²) in [7, 11) is 0. The van der Waals surface area contributed by atoms with Gasteiger partial charge in [0.05, 0.1) is 11.8 Å². The van der Waals surface area contributed by atoms with Crippen molar-refractivity contribution in [2.24, 2.45) is 0 Å². The summed E-state index contributed by atoms with van der Waals surface area (Å²) in [5.74, 6) is 0.442. The molecule has 0 atom stereocenters. The number of aliphatic carboxylic acids is 1. The van der Waals surface area contributed by atoms with Crippen molar-refractivity contribution >= 4 is 34.5 Å². The highest BCUT2D eigenvalue weighted by Gasteiger charge is 2.19. The third-order valence-electron chi connectivity index (χ3n) is 4.40. The number of aromatic amines is 1. The van der Waals surface area contributed by atoms with E-state index in [-0.39, 0.29) is 6.42 Å². The molecule has 2 aromatic heterocycles. The lowest BCUT2D eigenvalue weighted by Gasteiger charge is -2.27. The Kier molecular flexibility index (Phi) is 3.97. The third kappa shape index (κ3) is 3.40. The molecule has 1 aliphatic rings. The monoisotopic (exact) mass is 337 g/mol. The van der Waals surface area contributed by atoms with Crippen LogP contribution in [-0.2, 0) is 11.2 Å². The Morgan fingerprint density at radius 2 is 2.16 bits per heavy atom. The molecule has 3 aromatic rings. The normalized spacial score (nSPS) is 14.2. The maximum absolute atomic E-state index is 10.9. The number of rotatable bonds is 6. The number of carbonyl (C=O) groups is 1. The van der Waals surface area contributed by atoms with Gasteiger partial charge in [0.15, 0.2) is 0 Å². The average Bonchev–Trinajstić information content (AvgIpc) is 2.99. The van der Waals surface area contributed by atoms with Crippen LogP contribution >= 0.6 is 0 Å². The predicted molar refractivity (Wildman–Crippen MR) is 96.2 cm³/mol. The summed E-state index contributed by atoms with van der Waals surface area (Å²) >= 11 is 0. The molecule has 0 amide bonds. The van der Waals surface area contributed by atoms with Gasteiger partial charge in [-0.3, -0.25) is 4.79 Å². The van der Waals surface area contributed by atoms with Gasteiger partial charge >= 0.3 is 5.97 Å². The summed E-state index contributed by atoms with van der Waals surface area (Å²) in [6.07, 6.45) is 5.41. The standard InChI is InChI=1S/C18H19N5O2/c24-15(25)10-11-3-1-6-13(9-11)21-18-22-16-14(7-8-19-16)17(23-18)20-12-4-2-5-12/h1,3,6-9,12H,2,4-5,10H2,(H,24,25)(H3,19,20,21,22,23). The number of benzene rings is 1. The first-order chi connectivity index (χ1) is 12.2. The van der Waals surface area contributed by atoms with Crippen molar-refractivity contribution in [1.82, 2.24) is 15.0 Å². The van der Waals surface area contributed by atoms with Crippen LogP contribution in [0.1, 0.15) is 24.8 Å². The van der Waals surface area contributed by atoms with Crippen LogP contribution in [0.25, 0.3) is 11.0 Å². The van der Waals surface area contributed by atoms with Gasteiger partial charge in [-0.05, 0) is 43.0 Å². The molecule has 0 aliphatic heterocycles. The second kappa shape index (κ2) is 6.43. The number of aromatic nitrogens is 3. The molecule has 7 heteroatoms. The van der Waals surface area contributed by atoms with E-state index in [2.05, 4.69) is 25.6 Å². The van der Waals surface area contributed by atoms with E-state index in [1.165, 1.54) is 6.42 Å². The van der Waals surface area contributed by atoms with Crippen molar-refractivity contribution in [3.8, 4) is 0 Å². The van der Waals surface area contributed by atoms with Crippen molar-refractivity contribution in [3.05, 3.63) is 42.1 Å². The number of H-pyrrole nitrogens is 1. The SMILES string of the molecule is O=C(O)Cc1cccc(Nc2nc(NC3CCC3)c3cc[nH]c3n2)c1. The minimum atomic E-state index is -0.854. The van der Waals surface area contributed by atoms with Crippen molar-refractivity contribution < 1.29 is 9.90 Å². The minimum absolute atomic E-state index is 0.0134. The molecule has 1 fully saturated rings. The summed E-state index contributed by atoms with van der Waals surface area (Å²) in [5, 5.41) is 16.6. The Morgan fingerprint density at radius 1 is 1.28 bits per heavy atom. The molecule has 128 valence electrons. The van der Waals surface area contributed by atoms with Gasteiger partial charge in [-0.1, -0.05) is 12.1 Å². The molecule has 0 saturated heterocycles. The van der Waals surface area contributed by atoms with Gasteiger partial charge in [0, 0.05) is 17.9 Å². The van der Waals surface area contributed by atoms with E-state index in [0.717, 1.165) is 40.9 Å². The van der Waals surface area contributed by atoms with Crippen molar-refractivity contribution in [2.75, 3.05) is 10.6 Å². The molecule has 0 unspecified atom stereocenters. The van der Waals surface area contributed by atoms with E-state index in [0.29, 0.717) is 12.0 Å². The van der Waals surface area contributed by atoms with E-state index in [9.17, 15) is 4.79 Å². The highest BCUT2D eigenvalue weighted by Crippen LogP contribution is 2.28. The van der Waals surface area contributed by atoms with E-state index < -0.39 is 5.97 Å². The van der Waals surface area contributed by atoms with Crippen LogP contribution in [0.4, 0.5) is 17.5 Å². The quantitative estimate of drug-likeness (QED) is 0.550. The van der Waals surface area contributed by atoms with Crippen LogP contribution in [0.3, 0.4) is 0 Å². The molecule has 2 heterocycles. The fourth-order valence-corrected chi connectivity index (χ4v) is 2.92. The second-order valence-electron chi connectivity index (χ2n) is 6.30. The Hall–Kier alpha value is -3.09. The fourth-order valence-electron chi connectivity index (χ4n) is 2.92. The smallest absolute Gasteiger partial charge is 0.307 e. The molecule has 1 aliphatic carbocycles. The van der Waals surface area contributed by atoms with Gasteiger partial charge in [0.2, 0.25) is 5.95 Å². The predicted octanol–water partition coefficient (Wildman–Crippen LogP) is 3.29. The second-order valence-corrected chi connectivity index (χ2v) is 6.30. The zero-order valence-corrected chi connectivity index (χ0v) is 13.6. The number of carboxylic acid groups (broad SMARTS) is 1. The Balaban J connectivity index is 1.61. The Labute approximate surface area is 144 Å². The third-order valence-corrected chi connectivity index (χ3v) is 4.40. The van der Waals surface area contributed by atoms with Gasteiger partial charge in [-0.25, -0.2) is 0 Å². The first kappa shape index (κ1) is 15.4. The number of nitrogens with zero attached hydrogens (tertiary/aromatic N) is 2. The highest BCUT2D eigenvalue weighted by molar-refractivity contribution is 5.88. The molecular weight excluding hydrogens is 318 g/mol. The largest absolute Gasteiger partial charge is 0.481 e. The Morgan fingerprint density at radius 3 is 2.92 bits per heavy atom. The molecule has 1 aromatic carbocycles. The zero-order chi connectivity index (χ0) is 17.2. The number of anilines is 3. The molecule has 0 radical (unpaired) electrons. The first-order valence-corrected chi connectivity index (χ1v) is 8.37.